The molecule has 5 rings (SSSR count). The molecule has 1 saturated carbocycles. The van der Waals surface area contributed by atoms with Crippen LogP contribution in [0.4, 0.5) is 0 Å². The third-order valence-corrected chi connectivity index (χ3v) is 7.68. The number of rotatable bonds is 5. The number of benzene rings is 1. The fourth-order valence-electron chi connectivity index (χ4n) is 4.55. The van der Waals surface area contributed by atoms with Gasteiger partial charge in [0.25, 0.3) is 5.91 Å². The van der Waals surface area contributed by atoms with E-state index in [1.807, 2.05) is 30.3 Å². The molecule has 1 aliphatic carbocycles. The number of nitrogens with two attached hydrogens (primary N) is 1. The van der Waals surface area contributed by atoms with Crippen molar-refractivity contribution in [3.63, 3.8) is 0 Å². The molecule has 1 aromatic carbocycles. The second-order valence-electron chi connectivity index (χ2n) is 8.20. The van der Waals surface area contributed by atoms with E-state index in [-0.39, 0.29) is 18.0 Å². The minimum absolute atomic E-state index is 0.0349. The van der Waals surface area contributed by atoms with Gasteiger partial charge in [0, 0.05) is 35.6 Å². The van der Waals surface area contributed by atoms with E-state index >= 15 is 0 Å². The van der Waals surface area contributed by atoms with E-state index in [0.29, 0.717) is 10.4 Å². The summed E-state index contributed by atoms with van der Waals surface area (Å²) in [6.45, 7) is 0. The predicted molar refractivity (Wildman–Crippen MR) is 132 cm³/mol. The standard InChI is InChI=1S/C24H22BrN5O2S/c25-21-7-6-20(33-21)24(32)28-16-2-1-3-17(13-16)30-19-5-4-15(22(26)31)12-18(19)29-23(30)14-8-10-27-11-9-14/h4-12,16-17H,1-3,13H2,(H2,26,31)(H,28,32)/t16-,17+/m0/s1. The van der Waals surface area contributed by atoms with Crippen LogP contribution >= 0.6 is 27.3 Å². The van der Waals surface area contributed by atoms with Crippen molar-refractivity contribution in [3.8, 4) is 11.4 Å². The fourth-order valence-corrected chi connectivity index (χ4v) is 5.84. The molecule has 9 heteroatoms. The fraction of sp³-hybridized carbons (Fsp3) is 0.250. The Kier molecular flexibility index (Phi) is 5.99. The van der Waals surface area contributed by atoms with Crippen LogP contribution in [0.5, 0.6) is 0 Å². The number of nitrogens with one attached hydrogen (secondary N) is 1. The highest BCUT2D eigenvalue weighted by Crippen LogP contribution is 2.36. The number of amides is 2. The Labute approximate surface area is 203 Å². The molecule has 1 fully saturated rings. The number of pyridine rings is 1. The van der Waals surface area contributed by atoms with Gasteiger partial charge in [-0.2, -0.15) is 0 Å². The lowest BCUT2D eigenvalue weighted by atomic mass is 9.90. The van der Waals surface area contributed by atoms with Gasteiger partial charge in [0.1, 0.15) is 5.82 Å². The second-order valence-corrected chi connectivity index (χ2v) is 10.7. The summed E-state index contributed by atoms with van der Waals surface area (Å²) in [5.74, 6) is 0.318. The van der Waals surface area contributed by atoms with Crippen molar-refractivity contribution in [2.45, 2.75) is 37.8 Å². The molecule has 0 bridgehead atoms. The summed E-state index contributed by atoms with van der Waals surface area (Å²) < 4.78 is 3.19. The summed E-state index contributed by atoms with van der Waals surface area (Å²) >= 11 is 4.86. The number of primary amides is 1. The predicted octanol–water partition coefficient (Wildman–Crippen LogP) is 4.93. The molecular formula is C24H22BrN5O2S. The van der Waals surface area contributed by atoms with Crippen molar-refractivity contribution in [2.75, 3.05) is 0 Å². The Morgan fingerprint density at radius 2 is 1.94 bits per heavy atom. The van der Waals surface area contributed by atoms with Crippen molar-refractivity contribution in [2.24, 2.45) is 5.73 Å². The van der Waals surface area contributed by atoms with Crippen LogP contribution in [0.15, 0.2) is 58.6 Å². The Morgan fingerprint density at radius 1 is 1.12 bits per heavy atom. The zero-order valence-corrected chi connectivity index (χ0v) is 20.1. The average Bonchev–Trinajstić information content (AvgIpc) is 3.43. The van der Waals surface area contributed by atoms with Crippen LogP contribution in [0.1, 0.15) is 51.8 Å². The van der Waals surface area contributed by atoms with E-state index < -0.39 is 5.91 Å². The summed E-state index contributed by atoms with van der Waals surface area (Å²) in [5, 5.41) is 3.22. The SMILES string of the molecule is NC(=O)c1ccc2c(c1)nc(-c1ccncc1)n2[C@@H]1CCC[C@H](NC(=O)c2ccc(Br)s2)C1. The topological polar surface area (TPSA) is 103 Å². The number of imidazole rings is 1. The monoisotopic (exact) mass is 523 g/mol. The van der Waals surface area contributed by atoms with Crippen LogP contribution < -0.4 is 11.1 Å². The normalized spacial score (nSPS) is 18.3. The van der Waals surface area contributed by atoms with Gasteiger partial charge in [-0.3, -0.25) is 14.6 Å². The van der Waals surface area contributed by atoms with Gasteiger partial charge in [-0.15, -0.1) is 11.3 Å². The number of hydrogen-bond donors (Lipinski definition) is 2. The summed E-state index contributed by atoms with van der Waals surface area (Å²) in [6.07, 6.45) is 7.22. The largest absolute Gasteiger partial charge is 0.366 e. The molecule has 1 aliphatic rings. The first-order valence-electron chi connectivity index (χ1n) is 10.8. The molecule has 4 aromatic rings. The first kappa shape index (κ1) is 21.8. The highest BCUT2D eigenvalue weighted by molar-refractivity contribution is 9.11. The summed E-state index contributed by atoms with van der Waals surface area (Å²) in [4.78, 5) is 34.1. The third-order valence-electron chi connectivity index (χ3n) is 6.06. The number of fused-ring (bicyclic) bond motifs is 1. The molecule has 2 atom stereocenters. The van der Waals surface area contributed by atoms with Crippen molar-refractivity contribution in [3.05, 3.63) is 69.1 Å². The van der Waals surface area contributed by atoms with Gasteiger partial charge < -0.3 is 15.6 Å². The lowest BCUT2D eigenvalue weighted by Gasteiger charge is -2.32. The van der Waals surface area contributed by atoms with Crippen LogP contribution in [0, 0.1) is 0 Å². The van der Waals surface area contributed by atoms with E-state index in [0.717, 1.165) is 51.9 Å². The lowest BCUT2D eigenvalue weighted by Crippen LogP contribution is -2.38. The molecule has 0 unspecified atom stereocenters. The van der Waals surface area contributed by atoms with E-state index in [4.69, 9.17) is 10.7 Å². The molecule has 33 heavy (non-hydrogen) atoms. The zero-order valence-electron chi connectivity index (χ0n) is 17.7. The van der Waals surface area contributed by atoms with Crippen molar-refractivity contribution in [1.82, 2.24) is 19.9 Å². The summed E-state index contributed by atoms with van der Waals surface area (Å²) in [7, 11) is 0. The zero-order chi connectivity index (χ0) is 22.9. The highest BCUT2D eigenvalue weighted by Gasteiger charge is 2.28. The molecule has 0 aliphatic heterocycles. The Bertz CT molecular complexity index is 1330. The smallest absolute Gasteiger partial charge is 0.261 e. The maximum absolute atomic E-state index is 12.7. The molecule has 7 nitrogen and oxygen atoms in total. The van der Waals surface area contributed by atoms with Crippen LogP contribution in [-0.2, 0) is 0 Å². The minimum Gasteiger partial charge on any atom is -0.366 e. The lowest BCUT2D eigenvalue weighted by molar-refractivity contribution is 0.0924. The molecule has 3 heterocycles. The number of thiophene rings is 1. The van der Waals surface area contributed by atoms with Crippen LogP contribution in [-0.4, -0.2) is 32.4 Å². The Hall–Kier alpha value is -3.04. The van der Waals surface area contributed by atoms with Gasteiger partial charge >= 0.3 is 0 Å². The highest BCUT2D eigenvalue weighted by atomic mass is 79.9. The third kappa shape index (κ3) is 4.43. The number of halogens is 1. The molecule has 2 amide bonds. The minimum atomic E-state index is -0.474. The van der Waals surface area contributed by atoms with Crippen LogP contribution in [0.2, 0.25) is 0 Å². The second kappa shape index (κ2) is 9.07. The van der Waals surface area contributed by atoms with E-state index in [1.165, 1.54) is 11.3 Å². The number of carbonyl (C=O) groups is 2. The van der Waals surface area contributed by atoms with Crippen LogP contribution in [0.3, 0.4) is 0 Å². The van der Waals surface area contributed by atoms with Gasteiger partial charge in [0.05, 0.1) is 19.7 Å². The Balaban J connectivity index is 1.49. The summed E-state index contributed by atoms with van der Waals surface area (Å²) in [6, 6.07) is 13.2. The molecule has 168 valence electrons. The van der Waals surface area contributed by atoms with E-state index in [9.17, 15) is 9.59 Å². The van der Waals surface area contributed by atoms with E-state index in [1.54, 1.807) is 24.5 Å². The van der Waals surface area contributed by atoms with Crippen molar-refractivity contribution in [1.29, 1.82) is 0 Å². The van der Waals surface area contributed by atoms with Gasteiger partial charge in [-0.05, 0) is 84.1 Å². The molecule has 0 spiro atoms. The van der Waals surface area contributed by atoms with Gasteiger partial charge in [-0.1, -0.05) is 0 Å². The summed E-state index contributed by atoms with van der Waals surface area (Å²) in [5.41, 5.74) is 8.56. The number of hydrogen-bond acceptors (Lipinski definition) is 5. The molecular weight excluding hydrogens is 502 g/mol. The van der Waals surface area contributed by atoms with Gasteiger partial charge in [0.2, 0.25) is 5.91 Å². The molecule has 0 radical (unpaired) electrons. The molecule has 3 N–H and O–H groups in total. The first-order valence-corrected chi connectivity index (χ1v) is 12.4. The maximum Gasteiger partial charge on any atom is 0.261 e. The van der Waals surface area contributed by atoms with Crippen LogP contribution in [0.25, 0.3) is 22.4 Å². The number of carbonyl (C=O) groups excluding carboxylic acids is 2. The Morgan fingerprint density at radius 3 is 2.67 bits per heavy atom. The van der Waals surface area contributed by atoms with Gasteiger partial charge in [0.15, 0.2) is 0 Å². The first-order chi connectivity index (χ1) is 16.0. The number of nitrogens with zero attached hydrogens (tertiary/aromatic N) is 3. The van der Waals surface area contributed by atoms with Gasteiger partial charge in [-0.25, -0.2) is 4.98 Å². The average molecular weight is 524 g/mol. The molecule has 3 aromatic heterocycles. The van der Waals surface area contributed by atoms with Crippen molar-refractivity contribution < 1.29 is 9.59 Å². The quantitative estimate of drug-likeness (QED) is 0.386. The molecule has 0 saturated heterocycles. The van der Waals surface area contributed by atoms with Crippen molar-refractivity contribution >= 4 is 50.1 Å². The number of aromatic nitrogens is 3. The van der Waals surface area contributed by atoms with E-state index in [2.05, 4.69) is 30.8 Å². The maximum atomic E-state index is 12.7.